The topological polar surface area (TPSA) is 111 Å². The highest BCUT2D eigenvalue weighted by Gasteiger charge is 2.23. The molecule has 1 aliphatic heterocycles. The average Bonchev–Trinajstić information content (AvgIpc) is 3.79. The van der Waals surface area contributed by atoms with Crippen molar-refractivity contribution < 1.29 is 14.3 Å². The SMILES string of the molecule is COc1nc(-c2cccc(-c3cccc(-c4cnc(CNCC5CC5)c(OC)n4)c3Cl)c2Cl)cnc1CCC[C@@H]1CCC(=O)N1. The number of benzene rings is 2. The van der Waals surface area contributed by atoms with Crippen LogP contribution < -0.4 is 20.1 Å². The van der Waals surface area contributed by atoms with Gasteiger partial charge in [-0.2, -0.15) is 0 Å². The van der Waals surface area contributed by atoms with Crippen LogP contribution in [-0.4, -0.2) is 52.6 Å². The molecule has 1 saturated carbocycles. The average molecular weight is 648 g/mol. The number of ether oxygens (including phenoxy) is 2. The van der Waals surface area contributed by atoms with Crippen molar-refractivity contribution >= 4 is 29.1 Å². The molecule has 2 aromatic carbocycles. The Hall–Kier alpha value is -3.79. The summed E-state index contributed by atoms with van der Waals surface area (Å²) in [6, 6.07) is 11.8. The van der Waals surface area contributed by atoms with E-state index < -0.39 is 0 Å². The smallest absolute Gasteiger partial charge is 0.237 e. The van der Waals surface area contributed by atoms with Gasteiger partial charge in [-0.15, -0.1) is 0 Å². The van der Waals surface area contributed by atoms with E-state index in [9.17, 15) is 4.79 Å². The summed E-state index contributed by atoms with van der Waals surface area (Å²) in [6.07, 6.45) is 9.98. The molecule has 3 heterocycles. The molecule has 0 spiro atoms. The minimum Gasteiger partial charge on any atom is -0.480 e. The van der Waals surface area contributed by atoms with E-state index in [4.69, 9.17) is 42.6 Å². The summed E-state index contributed by atoms with van der Waals surface area (Å²) in [7, 11) is 3.19. The minimum absolute atomic E-state index is 0.129. The fourth-order valence-corrected chi connectivity index (χ4v) is 6.32. The summed E-state index contributed by atoms with van der Waals surface area (Å²) in [5.41, 5.74) is 5.69. The molecule has 1 saturated heterocycles. The fourth-order valence-electron chi connectivity index (χ4n) is 5.68. The standard InChI is InChI=1S/C34H36Cl2N6O3/c1-44-33-26(11-3-6-21-14-15-30(43)40-21)38-18-27(41-33)24-9-4-7-22(31(24)35)23-8-5-10-25(32(23)36)28-19-39-29(34(42-28)45-2)17-37-16-20-12-13-20/h4-5,7-10,18-21,37H,3,6,11-17H2,1-2H3,(H,40,43)/t21-/m1/s1. The number of nitrogens with one attached hydrogen (secondary N) is 2. The molecule has 1 atom stereocenters. The van der Waals surface area contributed by atoms with Crippen molar-refractivity contribution in [2.45, 2.75) is 57.5 Å². The van der Waals surface area contributed by atoms with E-state index in [1.165, 1.54) is 12.8 Å². The maximum Gasteiger partial charge on any atom is 0.237 e. The second-order valence-electron chi connectivity index (χ2n) is 11.5. The first kappa shape index (κ1) is 31.2. The highest BCUT2D eigenvalue weighted by Crippen LogP contribution is 2.42. The summed E-state index contributed by atoms with van der Waals surface area (Å²) < 4.78 is 11.2. The van der Waals surface area contributed by atoms with Crippen LogP contribution in [0.2, 0.25) is 10.0 Å². The number of amides is 1. The number of rotatable bonds is 13. The van der Waals surface area contributed by atoms with Crippen LogP contribution in [-0.2, 0) is 17.8 Å². The molecular weight excluding hydrogens is 611 g/mol. The number of nitrogens with zero attached hydrogens (tertiary/aromatic N) is 4. The summed E-state index contributed by atoms with van der Waals surface area (Å²) in [5.74, 6) is 1.83. The number of carbonyl (C=O) groups excluding carboxylic acids is 1. The van der Waals surface area contributed by atoms with Gasteiger partial charge in [-0.05, 0) is 51.0 Å². The first-order chi connectivity index (χ1) is 21.9. The van der Waals surface area contributed by atoms with Crippen molar-refractivity contribution in [3.05, 3.63) is 70.2 Å². The zero-order valence-corrected chi connectivity index (χ0v) is 26.9. The molecule has 2 aromatic heterocycles. The highest BCUT2D eigenvalue weighted by molar-refractivity contribution is 6.39. The molecule has 234 valence electrons. The molecule has 0 radical (unpaired) electrons. The van der Waals surface area contributed by atoms with E-state index in [2.05, 4.69) is 20.6 Å². The normalized spacial score (nSPS) is 16.1. The summed E-state index contributed by atoms with van der Waals surface area (Å²) in [6.45, 7) is 1.57. The van der Waals surface area contributed by atoms with Crippen LogP contribution in [0.4, 0.5) is 0 Å². The third kappa shape index (κ3) is 7.21. The first-order valence-corrected chi connectivity index (χ1v) is 16.1. The van der Waals surface area contributed by atoms with Crippen LogP contribution in [0.5, 0.6) is 11.8 Å². The van der Waals surface area contributed by atoms with Crippen LogP contribution in [0.25, 0.3) is 33.6 Å². The lowest BCUT2D eigenvalue weighted by Crippen LogP contribution is -2.25. The Labute approximate surface area is 273 Å². The molecule has 0 bridgehead atoms. The largest absolute Gasteiger partial charge is 0.480 e. The van der Waals surface area contributed by atoms with Crippen molar-refractivity contribution in [1.29, 1.82) is 0 Å². The van der Waals surface area contributed by atoms with Gasteiger partial charge in [0.05, 0.1) is 48.0 Å². The van der Waals surface area contributed by atoms with Gasteiger partial charge in [0.1, 0.15) is 11.4 Å². The molecule has 4 aromatic rings. The highest BCUT2D eigenvalue weighted by atomic mass is 35.5. The lowest BCUT2D eigenvalue weighted by atomic mass is 9.98. The number of aryl methyl sites for hydroxylation is 1. The van der Waals surface area contributed by atoms with Gasteiger partial charge in [0, 0.05) is 41.3 Å². The Morgan fingerprint density at radius 3 is 1.98 bits per heavy atom. The molecule has 6 rings (SSSR count). The van der Waals surface area contributed by atoms with Crippen LogP contribution in [0, 0.1) is 5.92 Å². The number of hydrogen-bond donors (Lipinski definition) is 2. The van der Waals surface area contributed by atoms with Crippen molar-refractivity contribution in [2.75, 3.05) is 20.8 Å². The maximum absolute atomic E-state index is 11.5. The lowest BCUT2D eigenvalue weighted by molar-refractivity contribution is -0.119. The molecule has 2 N–H and O–H groups in total. The molecule has 1 aliphatic carbocycles. The van der Waals surface area contributed by atoms with Gasteiger partial charge < -0.3 is 20.1 Å². The van der Waals surface area contributed by atoms with Crippen LogP contribution in [0.1, 0.15) is 49.9 Å². The molecule has 2 fully saturated rings. The van der Waals surface area contributed by atoms with Gasteiger partial charge in [-0.25, -0.2) is 9.97 Å². The van der Waals surface area contributed by atoms with Crippen molar-refractivity contribution in [3.63, 3.8) is 0 Å². The Bertz CT molecular complexity index is 1700. The van der Waals surface area contributed by atoms with E-state index in [0.29, 0.717) is 58.1 Å². The van der Waals surface area contributed by atoms with Gasteiger partial charge in [0.25, 0.3) is 0 Å². The Balaban J connectivity index is 1.23. The number of aromatic nitrogens is 4. The third-order valence-electron chi connectivity index (χ3n) is 8.32. The zero-order valence-electron chi connectivity index (χ0n) is 25.4. The second-order valence-corrected chi connectivity index (χ2v) is 12.3. The monoisotopic (exact) mass is 646 g/mol. The van der Waals surface area contributed by atoms with E-state index in [1.54, 1.807) is 26.6 Å². The van der Waals surface area contributed by atoms with Crippen molar-refractivity contribution in [3.8, 4) is 45.4 Å². The number of hydrogen-bond acceptors (Lipinski definition) is 8. The predicted octanol–water partition coefficient (Wildman–Crippen LogP) is 6.69. The van der Waals surface area contributed by atoms with Gasteiger partial charge in [-0.1, -0.05) is 59.6 Å². The minimum atomic E-state index is 0.129. The Morgan fingerprint density at radius 1 is 0.844 bits per heavy atom. The number of halogens is 2. The molecule has 9 nitrogen and oxygen atoms in total. The van der Waals surface area contributed by atoms with Gasteiger partial charge >= 0.3 is 0 Å². The molecule has 11 heteroatoms. The van der Waals surface area contributed by atoms with Crippen LogP contribution in [0.15, 0.2) is 48.8 Å². The van der Waals surface area contributed by atoms with Gasteiger partial charge in [0.15, 0.2) is 0 Å². The lowest BCUT2D eigenvalue weighted by Gasteiger charge is -2.15. The number of methoxy groups -OCH3 is 2. The van der Waals surface area contributed by atoms with Crippen molar-refractivity contribution in [2.24, 2.45) is 5.92 Å². The summed E-state index contributed by atoms with van der Waals surface area (Å²) in [5, 5.41) is 7.46. The second kappa shape index (κ2) is 14.1. The van der Waals surface area contributed by atoms with Crippen LogP contribution in [0.3, 0.4) is 0 Å². The Kier molecular flexibility index (Phi) is 9.78. The molecular formula is C34H36Cl2N6O3. The van der Waals surface area contributed by atoms with Gasteiger partial charge in [0.2, 0.25) is 17.7 Å². The zero-order chi connectivity index (χ0) is 31.3. The van der Waals surface area contributed by atoms with Crippen molar-refractivity contribution in [1.82, 2.24) is 30.6 Å². The first-order valence-electron chi connectivity index (χ1n) is 15.3. The quantitative estimate of drug-likeness (QED) is 0.165. The third-order valence-corrected chi connectivity index (χ3v) is 9.14. The van der Waals surface area contributed by atoms with E-state index in [1.807, 2.05) is 36.4 Å². The van der Waals surface area contributed by atoms with E-state index in [-0.39, 0.29) is 11.9 Å². The molecule has 2 aliphatic rings. The fraction of sp³-hybridized carbons (Fsp3) is 0.382. The predicted molar refractivity (Wildman–Crippen MR) is 176 cm³/mol. The summed E-state index contributed by atoms with van der Waals surface area (Å²) >= 11 is 14.1. The maximum atomic E-state index is 11.5. The Morgan fingerprint density at radius 2 is 1.42 bits per heavy atom. The molecule has 1 amide bonds. The van der Waals surface area contributed by atoms with Gasteiger partial charge in [-0.3, -0.25) is 14.8 Å². The number of carbonyl (C=O) groups is 1. The molecule has 0 unspecified atom stereocenters. The van der Waals surface area contributed by atoms with E-state index in [0.717, 1.165) is 59.8 Å². The van der Waals surface area contributed by atoms with E-state index >= 15 is 0 Å². The van der Waals surface area contributed by atoms with Crippen LogP contribution >= 0.6 is 23.2 Å². The molecule has 45 heavy (non-hydrogen) atoms. The summed E-state index contributed by atoms with van der Waals surface area (Å²) in [4.78, 5) is 30.3.